The predicted molar refractivity (Wildman–Crippen MR) is 297 cm³/mol. The minimum absolute atomic E-state index is 0.0218. The van der Waals surface area contributed by atoms with Crippen molar-refractivity contribution in [1.29, 1.82) is 0 Å². The van der Waals surface area contributed by atoms with Gasteiger partial charge >= 0.3 is 0 Å². The van der Waals surface area contributed by atoms with Gasteiger partial charge in [0.2, 0.25) is 0 Å². The Labute approximate surface area is 412 Å². The van der Waals surface area contributed by atoms with E-state index in [0.717, 1.165) is 28.6 Å². The largest absolute Gasteiger partial charge is 0.458 e. The van der Waals surface area contributed by atoms with Crippen LogP contribution in [0.5, 0.6) is 11.5 Å². The molecule has 1 aliphatic carbocycles. The lowest BCUT2D eigenvalue weighted by Gasteiger charge is -2.43. The summed E-state index contributed by atoms with van der Waals surface area (Å²) in [4.78, 5) is 5.13. The molecule has 0 atom stereocenters. The summed E-state index contributed by atoms with van der Waals surface area (Å²) >= 11 is 0. The Hall–Kier alpha value is -6.52. The van der Waals surface area contributed by atoms with Crippen molar-refractivity contribution >= 4 is 68.0 Å². The Morgan fingerprint density at radius 1 is 0.435 bits per heavy atom. The summed E-state index contributed by atoms with van der Waals surface area (Å²) in [5, 5.41) is 2.44. The second-order valence-electron chi connectivity index (χ2n) is 24.8. The SMILES string of the molecule is CC(C)(C)c1ccc(N(c2cc3c(c(N4c5ccc(C(C)(C)C)cc5B5c6cc(C(C)(C)C)ccc6Oc6cc(C(C)(C)C)cc4c65)c2)C(C)(C)c2ccccc2-3)c2ccc3ccccc3c2)cc1. The van der Waals surface area contributed by atoms with Gasteiger partial charge in [-0.25, -0.2) is 0 Å². The Bertz CT molecular complexity index is 3380. The summed E-state index contributed by atoms with van der Waals surface area (Å²) in [6.07, 6.45) is 0. The van der Waals surface area contributed by atoms with E-state index in [9.17, 15) is 0 Å². The van der Waals surface area contributed by atoms with E-state index in [1.54, 1.807) is 0 Å². The van der Waals surface area contributed by atoms with Gasteiger partial charge in [-0.1, -0.05) is 188 Å². The third kappa shape index (κ3) is 7.31. The highest BCUT2D eigenvalue weighted by Gasteiger charge is 2.46. The molecule has 2 aliphatic heterocycles. The molecule has 2 heterocycles. The molecule has 69 heavy (non-hydrogen) atoms. The van der Waals surface area contributed by atoms with Crippen molar-refractivity contribution in [2.75, 3.05) is 9.80 Å². The van der Waals surface area contributed by atoms with Crippen LogP contribution in [-0.2, 0) is 27.1 Å². The highest BCUT2D eigenvalue weighted by atomic mass is 16.5. The Morgan fingerprint density at radius 3 is 1.71 bits per heavy atom. The minimum Gasteiger partial charge on any atom is -0.458 e. The van der Waals surface area contributed by atoms with Crippen molar-refractivity contribution in [2.24, 2.45) is 0 Å². The molecule has 0 bridgehead atoms. The smallest absolute Gasteiger partial charge is 0.256 e. The molecular weight excluding hydrogens is 836 g/mol. The van der Waals surface area contributed by atoms with Crippen LogP contribution in [0.15, 0.2) is 152 Å². The summed E-state index contributed by atoms with van der Waals surface area (Å²) in [7, 11) is 0. The molecule has 0 radical (unpaired) electrons. The maximum absolute atomic E-state index is 7.22. The van der Waals surface area contributed by atoms with Gasteiger partial charge in [0.1, 0.15) is 11.5 Å². The van der Waals surface area contributed by atoms with Gasteiger partial charge in [-0.2, -0.15) is 0 Å². The van der Waals surface area contributed by atoms with Gasteiger partial charge in [-0.05, 0) is 154 Å². The molecule has 8 aromatic carbocycles. The molecule has 0 saturated heterocycles. The second kappa shape index (κ2) is 15.2. The normalized spacial score (nSPS) is 14.7. The molecule has 346 valence electrons. The molecule has 0 saturated carbocycles. The Morgan fingerprint density at radius 2 is 1.03 bits per heavy atom. The summed E-state index contributed by atoms with van der Waals surface area (Å²) < 4.78 is 7.22. The molecule has 0 amide bonds. The van der Waals surface area contributed by atoms with Gasteiger partial charge < -0.3 is 14.5 Å². The zero-order chi connectivity index (χ0) is 48.7. The van der Waals surface area contributed by atoms with E-state index in [4.69, 9.17) is 4.74 Å². The van der Waals surface area contributed by atoms with Gasteiger partial charge in [-0.3, -0.25) is 0 Å². The van der Waals surface area contributed by atoms with Gasteiger partial charge in [0.25, 0.3) is 6.71 Å². The van der Waals surface area contributed by atoms with Crippen molar-refractivity contribution in [2.45, 2.75) is 124 Å². The van der Waals surface area contributed by atoms with Gasteiger partial charge in [0.15, 0.2) is 0 Å². The van der Waals surface area contributed by atoms with Gasteiger partial charge in [0, 0.05) is 33.9 Å². The second-order valence-corrected chi connectivity index (χ2v) is 24.8. The van der Waals surface area contributed by atoms with Crippen LogP contribution in [-0.4, -0.2) is 6.71 Å². The van der Waals surface area contributed by atoms with Crippen LogP contribution in [0.3, 0.4) is 0 Å². The summed E-state index contributed by atoms with van der Waals surface area (Å²) in [5.41, 5.74) is 20.6. The maximum Gasteiger partial charge on any atom is 0.256 e. The van der Waals surface area contributed by atoms with Crippen LogP contribution in [0.25, 0.3) is 21.9 Å². The predicted octanol–water partition coefficient (Wildman–Crippen LogP) is 16.2. The molecule has 0 N–H and O–H groups in total. The molecular formula is C65H67BN2O. The first-order valence-corrected chi connectivity index (χ1v) is 25.1. The number of anilines is 6. The summed E-state index contributed by atoms with van der Waals surface area (Å²) in [6, 6.07) is 58.1. The van der Waals surface area contributed by atoms with Crippen molar-refractivity contribution in [1.82, 2.24) is 0 Å². The topological polar surface area (TPSA) is 15.7 Å². The lowest BCUT2D eigenvalue weighted by Crippen LogP contribution is -2.60. The number of nitrogens with zero attached hydrogens (tertiary/aromatic N) is 2. The van der Waals surface area contributed by atoms with Crippen molar-refractivity contribution < 1.29 is 4.74 Å². The molecule has 3 nitrogen and oxygen atoms in total. The van der Waals surface area contributed by atoms with E-state index in [2.05, 4.69) is 258 Å². The van der Waals surface area contributed by atoms with Crippen molar-refractivity contribution in [3.8, 4) is 22.6 Å². The molecule has 4 heteroatoms. The van der Waals surface area contributed by atoms with E-state index in [0.29, 0.717) is 0 Å². The first kappa shape index (κ1) is 45.0. The van der Waals surface area contributed by atoms with Crippen molar-refractivity contribution in [3.63, 3.8) is 0 Å². The number of benzene rings is 8. The number of ether oxygens (including phenoxy) is 1. The number of rotatable bonds is 4. The van der Waals surface area contributed by atoms with E-state index < -0.39 is 0 Å². The average molecular weight is 903 g/mol. The van der Waals surface area contributed by atoms with Crippen LogP contribution in [0.1, 0.15) is 130 Å². The maximum atomic E-state index is 7.22. The number of hydrogen-bond donors (Lipinski definition) is 0. The summed E-state index contributed by atoms with van der Waals surface area (Å²) in [6.45, 7) is 32.6. The van der Waals surface area contributed by atoms with Crippen LogP contribution < -0.4 is 30.9 Å². The monoisotopic (exact) mass is 903 g/mol. The van der Waals surface area contributed by atoms with Crippen LogP contribution in [0, 0.1) is 0 Å². The quantitative estimate of drug-likeness (QED) is 0.164. The third-order valence-corrected chi connectivity index (χ3v) is 15.5. The van der Waals surface area contributed by atoms with Crippen LogP contribution >= 0.6 is 0 Å². The standard InChI is InChI=1S/C65H67BN2O/c1-61(2,3)42-24-29-46(30-25-42)67(47-28-23-40-19-15-16-20-41(40)33-47)48-38-50-49-21-17-18-22-51(49)65(13,14)59(50)55(39-48)68-54-31-26-43(62(4,5)6)34-52(54)66-53-35-44(63(7,8)9)27-32-57(53)69-58-37-45(64(10,11)12)36-56(68)60(58)66/h15-39H,1-14H3. The van der Waals surface area contributed by atoms with Crippen LogP contribution in [0.4, 0.5) is 34.1 Å². The van der Waals surface area contributed by atoms with E-state index >= 15 is 0 Å². The number of fused-ring (bicyclic) bond motifs is 8. The van der Waals surface area contributed by atoms with Gasteiger partial charge in [0.05, 0.1) is 5.69 Å². The molecule has 8 aromatic rings. The lowest BCUT2D eigenvalue weighted by atomic mass is 9.33. The fourth-order valence-electron chi connectivity index (χ4n) is 11.4. The third-order valence-electron chi connectivity index (χ3n) is 15.5. The fraction of sp³-hybridized carbons (Fsp3) is 0.292. The molecule has 0 fully saturated rings. The first-order chi connectivity index (χ1) is 32.5. The first-order valence-electron chi connectivity index (χ1n) is 25.1. The molecule has 3 aliphatic rings. The Kier molecular flexibility index (Phi) is 9.93. The van der Waals surface area contributed by atoms with Crippen LogP contribution in [0.2, 0.25) is 0 Å². The minimum atomic E-state index is -0.309. The average Bonchev–Trinajstić information content (AvgIpc) is 3.53. The van der Waals surface area contributed by atoms with E-state index in [1.165, 1.54) is 88.7 Å². The van der Waals surface area contributed by atoms with E-state index in [1.807, 2.05) is 0 Å². The Balaban J connectivity index is 1.26. The molecule has 11 rings (SSSR count). The molecule has 0 spiro atoms. The fourth-order valence-corrected chi connectivity index (χ4v) is 11.4. The van der Waals surface area contributed by atoms with Gasteiger partial charge in [-0.15, -0.1) is 0 Å². The zero-order valence-electron chi connectivity index (χ0n) is 43.3. The zero-order valence-corrected chi connectivity index (χ0v) is 43.3. The molecule has 0 unspecified atom stereocenters. The van der Waals surface area contributed by atoms with E-state index in [-0.39, 0.29) is 33.8 Å². The lowest BCUT2D eigenvalue weighted by molar-refractivity contribution is 0.482. The highest BCUT2D eigenvalue weighted by Crippen LogP contribution is 2.57. The summed E-state index contributed by atoms with van der Waals surface area (Å²) in [5.74, 6) is 1.89. The van der Waals surface area contributed by atoms with Crippen molar-refractivity contribution in [3.05, 3.63) is 185 Å². The highest BCUT2D eigenvalue weighted by molar-refractivity contribution is 6.99. The number of hydrogen-bond acceptors (Lipinski definition) is 3. The molecule has 0 aromatic heterocycles.